The summed E-state index contributed by atoms with van der Waals surface area (Å²) in [5, 5.41) is 14.0. The molecule has 2 rings (SSSR count). The largest absolute Gasteiger partial charge is 0.479 e. The lowest BCUT2D eigenvalue weighted by atomic mass is 10.2. The van der Waals surface area contributed by atoms with Crippen molar-refractivity contribution in [2.75, 3.05) is 7.11 Å². The summed E-state index contributed by atoms with van der Waals surface area (Å²) in [5.41, 5.74) is -3.44. The minimum absolute atomic E-state index is 0.0949. The molecule has 2 aliphatic carbocycles. The molecule has 2 saturated carbocycles. The van der Waals surface area contributed by atoms with Crippen LogP contribution in [0.2, 0.25) is 0 Å². The van der Waals surface area contributed by atoms with Gasteiger partial charge in [-0.1, -0.05) is 12.2 Å². The van der Waals surface area contributed by atoms with E-state index in [2.05, 4.69) is 28.5 Å². The smallest absolute Gasteiger partial charge is 0.408 e. The van der Waals surface area contributed by atoms with E-state index in [1.807, 2.05) is 0 Å². The van der Waals surface area contributed by atoms with E-state index >= 15 is 0 Å². The van der Waals surface area contributed by atoms with Crippen LogP contribution in [-0.2, 0) is 23.8 Å². The van der Waals surface area contributed by atoms with Crippen molar-refractivity contribution in [3.05, 3.63) is 25.3 Å². The number of carbonyl (C=O) groups is 4. The molecule has 3 N–H and O–H groups in total. The van der Waals surface area contributed by atoms with Gasteiger partial charge in [0.05, 0.1) is 7.11 Å². The third-order valence-corrected chi connectivity index (χ3v) is 4.98. The van der Waals surface area contributed by atoms with E-state index < -0.39 is 46.4 Å². The summed E-state index contributed by atoms with van der Waals surface area (Å²) in [6.07, 6.45) is 2.71. The van der Waals surface area contributed by atoms with Gasteiger partial charge in [0.1, 0.15) is 22.3 Å². The van der Waals surface area contributed by atoms with Crippen LogP contribution in [0.15, 0.2) is 25.3 Å². The average Bonchev–Trinajstić information content (AvgIpc) is 3.53. The summed E-state index contributed by atoms with van der Waals surface area (Å²) in [6.45, 7) is 17.6. The Balaban J connectivity index is 0.000000331. The summed E-state index contributed by atoms with van der Waals surface area (Å²) in [4.78, 5) is 45.7. The molecular weight excluding hydrogens is 432 g/mol. The van der Waals surface area contributed by atoms with Crippen molar-refractivity contribution in [1.82, 2.24) is 10.6 Å². The molecule has 33 heavy (non-hydrogen) atoms. The molecular formula is C23H36N2O8. The maximum Gasteiger partial charge on any atom is 0.408 e. The van der Waals surface area contributed by atoms with Crippen LogP contribution in [0.5, 0.6) is 0 Å². The Bertz CT molecular complexity index is 810. The molecule has 4 atom stereocenters. The molecule has 2 fully saturated rings. The summed E-state index contributed by atoms with van der Waals surface area (Å²) in [6, 6.07) is 0. The van der Waals surface area contributed by atoms with Crippen molar-refractivity contribution in [1.29, 1.82) is 0 Å². The van der Waals surface area contributed by atoms with Gasteiger partial charge in [0, 0.05) is 11.8 Å². The molecule has 0 aromatic carbocycles. The van der Waals surface area contributed by atoms with Crippen LogP contribution in [0.4, 0.5) is 9.59 Å². The fourth-order valence-corrected chi connectivity index (χ4v) is 3.17. The molecule has 10 heteroatoms. The highest BCUT2D eigenvalue weighted by Gasteiger charge is 2.62. The minimum Gasteiger partial charge on any atom is -0.479 e. The average molecular weight is 469 g/mol. The van der Waals surface area contributed by atoms with Gasteiger partial charge in [-0.2, -0.15) is 0 Å². The van der Waals surface area contributed by atoms with Crippen molar-refractivity contribution in [3.63, 3.8) is 0 Å². The van der Waals surface area contributed by atoms with Gasteiger partial charge in [-0.05, 0) is 54.4 Å². The number of alkyl carbamates (subject to hydrolysis) is 2. The van der Waals surface area contributed by atoms with E-state index in [9.17, 15) is 19.2 Å². The third kappa shape index (κ3) is 7.50. The maximum absolute atomic E-state index is 11.6. The van der Waals surface area contributed by atoms with E-state index in [4.69, 9.17) is 14.6 Å². The van der Waals surface area contributed by atoms with Crippen molar-refractivity contribution in [2.24, 2.45) is 11.8 Å². The molecule has 0 spiro atoms. The number of methoxy groups -OCH3 is 1. The highest BCUT2D eigenvalue weighted by atomic mass is 16.6. The second-order valence-corrected chi connectivity index (χ2v) is 10.1. The normalized spacial score (nSPS) is 27.5. The number of aliphatic carboxylic acids is 1. The molecule has 2 aliphatic rings. The second kappa shape index (κ2) is 9.84. The fourth-order valence-electron chi connectivity index (χ4n) is 3.17. The van der Waals surface area contributed by atoms with Crippen LogP contribution in [0.3, 0.4) is 0 Å². The molecule has 0 saturated heterocycles. The zero-order valence-electron chi connectivity index (χ0n) is 20.4. The third-order valence-electron chi connectivity index (χ3n) is 4.98. The Morgan fingerprint density at radius 3 is 1.48 bits per heavy atom. The molecule has 2 amide bonds. The number of ether oxygens (including phenoxy) is 3. The summed E-state index contributed by atoms with van der Waals surface area (Å²) in [7, 11) is 1.29. The monoisotopic (exact) mass is 468 g/mol. The van der Waals surface area contributed by atoms with Crippen LogP contribution in [0.1, 0.15) is 54.4 Å². The number of nitrogens with one attached hydrogen (secondary N) is 2. The maximum atomic E-state index is 11.6. The molecule has 0 unspecified atom stereocenters. The van der Waals surface area contributed by atoms with Crippen LogP contribution >= 0.6 is 0 Å². The Hall–Kier alpha value is -3.04. The first-order valence-electron chi connectivity index (χ1n) is 10.6. The quantitative estimate of drug-likeness (QED) is 0.307. The molecule has 0 aliphatic heterocycles. The van der Waals surface area contributed by atoms with Gasteiger partial charge in [-0.25, -0.2) is 19.2 Å². The highest BCUT2D eigenvalue weighted by Crippen LogP contribution is 2.45. The van der Waals surface area contributed by atoms with Gasteiger partial charge in [0.25, 0.3) is 0 Å². The molecule has 0 radical (unpaired) electrons. The number of carboxylic acids is 1. The predicted molar refractivity (Wildman–Crippen MR) is 120 cm³/mol. The molecule has 0 bridgehead atoms. The van der Waals surface area contributed by atoms with Gasteiger partial charge in [-0.15, -0.1) is 13.2 Å². The first-order chi connectivity index (χ1) is 15.0. The molecule has 0 aromatic heterocycles. The molecule has 186 valence electrons. The zero-order chi connectivity index (χ0) is 25.8. The van der Waals surface area contributed by atoms with Crippen LogP contribution in [-0.4, -0.2) is 58.6 Å². The lowest BCUT2D eigenvalue weighted by Gasteiger charge is -2.22. The van der Waals surface area contributed by atoms with Gasteiger partial charge < -0.3 is 30.0 Å². The molecule has 10 nitrogen and oxygen atoms in total. The zero-order valence-corrected chi connectivity index (χ0v) is 20.4. The summed E-state index contributed by atoms with van der Waals surface area (Å²) in [5.74, 6) is -1.84. The lowest BCUT2D eigenvalue weighted by molar-refractivity contribution is -0.144. The molecule has 0 aromatic rings. The number of hydrogen-bond donors (Lipinski definition) is 3. The van der Waals surface area contributed by atoms with E-state index in [0.29, 0.717) is 12.8 Å². The van der Waals surface area contributed by atoms with E-state index in [-0.39, 0.29) is 11.8 Å². The van der Waals surface area contributed by atoms with Crippen molar-refractivity contribution in [2.45, 2.75) is 76.7 Å². The van der Waals surface area contributed by atoms with Crippen molar-refractivity contribution < 1.29 is 38.5 Å². The minimum atomic E-state index is -1.22. The van der Waals surface area contributed by atoms with Gasteiger partial charge in [0.2, 0.25) is 0 Å². The Labute approximate surface area is 194 Å². The topological polar surface area (TPSA) is 140 Å². The first kappa shape index (κ1) is 28.0. The first-order valence-corrected chi connectivity index (χ1v) is 10.6. The van der Waals surface area contributed by atoms with Gasteiger partial charge in [-0.3, -0.25) is 0 Å². The number of rotatable bonds is 6. The van der Waals surface area contributed by atoms with E-state index in [0.717, 1.165) is 0 Å². The van der Waals surface area contributed by atoms with Crippen LogP contribution in [0, 0.1) is 11.8 Å². The second-order valence-electron chi connectivity index (χ2n) is 10.1. The van der Waals surface area contributed by atoms with Gasteiger partial charge >= 0.3 is 24.1 Å². The SMILES string of the molecule is C=C[C@@H]1C[C@]1(NC(=O)OC(C)(C)C)C(=O)O.C=C[C@@H]1C[C@]1(NC(=O)OC(C)(C)C)C(=O)OC. The Kier molecular flexibility index (Phi) is 8.35. The van der Waals surface area contributed by atoms with E-state index in [1.54, 1.807) is 47.6 Å². The Morgan fingerprint density at radius 1 is 0.848 bits per heavy atom. The standard InChI is InChI=1S/C12H19NO4.C11H17NO4/c1-6-8-7-12(8,9(14)16-5)13-10(15)17-11(2,3)4;1-5-7-6-11(7,8(13)14)12-9(15)16-10(2,3)4/h6,8H,1,7H2,2-5H3,(H,13,15);5,7H,1,6H2,2-4H3,(H,12,15)(H,13,14)/t8-,12-;7-,11-/m11/s1. The highest BCUT2D eigenvalue weighted by molar-refractivity contribution is 5.90. The fraction of sp³-hybridized carbons (Fsp3) is 0.652. The van der Waals surface area contributed by atoms with Gasteiger partial charge in [0.15, 0.2) is 0 Å². The lowest BCUT2D eigenvalue weighted by Crippen LogP contribution is -2.47. The number of carbonyl (C=O) groups excluding carboxylic acids is 3. The summed E-state index contributed by atoms with van der Waals surface area (Å²) < 4.78 is 14.8. The van der Waals surface area contributed by atoms with Crippen LogP contribution < -0.4 is 10.6 Å². The number of carboxylic acid groups (broad SMARTS) is 1. The van der Waals surface area contributed by atoms with Crippen LogP contribution in [0.25, 0.3) is 0 Å². The van der Waals surface area contributed by atoms with Crippen molar-refractivity contribution in [3.8, 4) is 0 Å². The summed E-state index contributed by atoms with van der Waals surface area (Å²) >= 11 is 0. The van der Waals surface area contributed by atoms with Crippen molar-refractivity contribution >= 4 is 24.1 Å². The Morgan fingerprint density at radius 2 is 1.21 bits per heavy atom. The number of hydrogen-bond acceptors (Lipinski definition) is 7. The molecule has 0 heterocycles. The van der Waals surface area contributed by atoms with E-state index in [1.165, 1.54) is 13.2 Å². The predicted octanol–water partition coefficient (Wildman–Crippen LogP) is 3.17. The number of esters is 1. The number of amides is 2.